The molecule has 1 saturated carbocycles. The van der Waals surface area contributed by atoms with Crippen molar-refractivity contribution in [1.82, 2.24) is 24.8 Å². The number of aryl methyl sites for hydroxylation is 1. The zero-order chi connectivity index (χ0) is 20.7. The number of ether oxygens (including phenoxy) is 1. The molecular formula is C21H18BrN5O2S. The van der Waals surface area contributed by atoms with Gasteiger partial charge in [0.15, 0.2) is 0 Å². The minimum absolute atomic E-state index is 0.282. The minimum Gasteiger partial charge on any atom is -0.465 e. The van der Waals surface area contributed by atoms with Crippen LogP contribution in [0.5, 0.6) is 5.19 Å². The third-order valence-corrected chi connectivity index (χ3v) is 6.40. The van der Waals surface area contributed by atoms with Crippen LogP contribution in [0.1, 0.15) is 29.9 Å². The van der Waals surface area contributed by atoms with E-state index >= 15 is 0 Å². The summed E-state index contributed by atoms with van der Waals surface area (Å²) < 4.78 is 9.66. The number of tetrazole rings is 1. The fraction of sp³-hybridized carbons (Fsp3) is 0.238. The highest BCUT2D eigenvalue weighted by Crippen LogP contribution is 2.43. The highest BCUT2D eigenvalue weighted by atomic mass is 79.9. The van der Waals surface area contributed by atoms with Gasteiger partial charge < -0.3 is 4.74 Å². The molecule has 0 saturated heterocycles. The van der Waals surface area contributed by atoms with Crippen LogP contribution in [0.15, 0.2) is 57.1 Å². The summed E-state index contributed by atoms with van der Waals surface area (Å²) >= 11 is 4.91. The Morgan fingerprint density at radius 2 is 1.97 bits per heavy atom. The van der Waals surface area contributed by atoms with Crippen LogP contribution in [-0.2, 0) is 13.7 Å². The molecule has 30 heavy (non-hydrogen) atoms. The number of hydrogen-bond donors (Lipinski definition) is 0. The lowest BCUT2D eigenvalue weighted by atomic mass is 10.0. The van der Waals surface area contributed by atoms with Crippen molar-refractivity contribution in [3.05, 3.63) is 73.9 Å². The van der Waals surface area contributed by atoms with E-state index in [0.717, 1.165) is 34.1 Å². The van der Waals surface area contributed by atoms with Crippen molar-refractivity contribution in [2.24, 2.45) is 7.05 Å². The van der Waals surface area contributed by atoms with Gasteiger partial charge in [0.1, 0.15) is 6.61 Å². The molecule has 0 spiro atoms. The second-order valence-electron chi connectivity index (χ2n) is 7.21. The fourth-order valence-electron chi connectivity index (χ4n) is 3.40. The summed E-state index contributed by atoms with van der Waals surface area (Å²) in [7, 11) is 1.59. The van der Waals surface area contributed by atoms with E-state index in [1.165, 1.54) is 26.3 Å². The van der Waals surface area contributed by atoms with E-state index < -0.39 is 0 Å². The lowest BCUT2D eigenvalue weighted by Gasteiger charge is -2.13. The molecule has 2 aromatic heterocycles. The van der Waals surface area contributed by atoms with Gasteiger partial charge in [-0.3, -0.25) is 0 Å². The van der Waals surface area contributed by atoms with Crippen molar-refractivity contribution >= 4 is 27.3 Å². The van der Waals surface area contributed by atoms with Gasteiger partial charge in [-0.15, -0.1) is 0 Å². The van der Waals surface area contributed by atoms with Crippen LogP contribution in [0, 0.1) is 0 Å². The molecule has 0 radical (unpaired) electrons. The topological polar surface area (TPSA) is 74.8 Å². The lowest BCUT2D eigenvalue weighted by Crippen LogP contribution is -2.23. The standard InChI is InChI=1S/C21H18BrN5O2S/c1-26-21(28)27(25-24-26)19-4-2-3-16(13-5-6-13)17(19)11-29-20-23-18(12-30-20)14-7-9-15(22)10-8-14/h2-4,7-10,12-13H,5-6,11H2,1H3. The van der Waals surface area contributed by atoms with E-state index in [4.69, 9.17) is 4.74 Å². The Labute approximate surface area is 185 Å². The first kappa shape index (κ1) is 19.2. The Morgan fingerprint density at radius 3 is 2.67 bits per heavy atom. The molecular weight excluding hydrogens is 466 g/mol. The zero-order valence-electron chi connectivity index (χ0n) is 16.2. The number of nitrogens with zero attached hydrogens (tertiary/aromatic N) is 5. The van der Waals surface area contributed by atoms with Crippen LogP contribution in [0.3, 0.4) is 0 Å². The van der Waals surface area contributed by atoms with E-state index in [1.807, 2.05) is 41.8 Å². The lowest BCUT2D eigenvalue weighted by molar-refractivity contribution is 0.303. The largest absolute Gasteiger partial charge is 0.465 e. The number of benzene rings is 2. The molecule has 0 atom stereocenters. The molecule has 2 heterocycles. The summed E-state index contributed by atoms with van der Waals surface area (Å²) in [4.78, 5) is 17.0. The van der Waals surface area contributed by atoms with Crippen molar-refractivity contribution in [3.8, 4) is 22.1 Å². The second kappa shape index (κ2) is 7.81. The molecule has 0 N–H and O–H groups in total. The SMILES string of the molecule is Cn1nnn(-c2cccc(C3CC3)c2COc2nc(-c3ccc(Br)cc3)cs2)c1=O. The van der Waals surface area contributed by atoms with Gasteiger partial charge in [-0.25, -0.2) is 9.78 Å². The van der Waals surface area contributed by atoms with Crippen LogP contribution >= 0.6 is 27.3 Å². The molecule has 9 heteroatoms. The highest BCUT2D eigenvalue weighted by molar-refractivity contribution is 9.10. The number of thiazole rings is 1. The van der Waals surface area contributed by atoms with Gasteiger partial charge in [-0.1, -0.05) is 51.5 Å². The Bertz CT molecular complexity index is 1260. The van der Waals surface area contributed by atoms with Crippen molar-refractivity contribution < 1.29 is 4.74 Å². The average Bonchev–Trinajstić information content (AvgIpc) is 3.41. The Morgan fingerprint density at radius 1 is 1.17 bits per heavy atom. The van der Waals surface area contributed by atoms with Gasteiger partial charge in [-0.05, 0) is 52.9 Å². The maximum atomic E-state index is 12.4. The summed E-state index contributed by atoms with van der Waals surface area (Å²) in [6, 6.07) is 14.0. The molecule has 4 aromatic rings. The van der Waals surface area contributed by atoms with Crippen molar-refractivity contribution in [2.45, 2.75) is 25.4 Å². The Hall–Kier alpha value is -2.78. The molecule has 7 nitrogen and oxygen atoms in total. The number of aromatic nitrogens is 5. The summed E-state index contributed by atoms with van der Waals surface area (Å²) in [5.41, 5.74) is 4.51. The zero-order valence-corrected chi connectivity index (χ0v) is 18.6. The third-order valence-electron chi connectivity index (χ3n) is 5.12. The van der Waals surface area contributed by atoms with Gasteiger partial charge in [0, 0.05) is 28.0 Å². The monoisotopic (exact) mass is 483 g/mol. The van der Waals surface area contributed by atoms with Gasteiger partial charge >= 0.3 is 5.69 Å². The van der Waals surface area contributed by atoms with Gasteiger partial charge in [-0.2, -0.15) is 9.36 Å². The molecule has 2 aromatic carbocycles. The second-order valence-corrected chi connectivity index (χ2v) is 8.95. The quantitative estimate of drug-likeness (QED) is 0.408. The molecule has 1 fully saturated rings. The fourth-order valence-corrected chi connectivity index (χ4v) is 4.34. The van der Waals surface area contributed by atoms with Crippen LogP contribution in [0.25, 0.3) is 16.9 Å². The van der Waals surface area contributed by atoms with Crippen LogP contribution in [0.4, 0.5) is 0 Å². The van der Waals surface area contributed by atoms with E-state index in [0.29, 0.717) is 23.4 Å². The Kier molecular flexibility index (Phi) is 5.00. The van der Waals surface area contributed by atoms with Crippen LogP contribution in [0.2, 0.25) is 0 Å². The van der Waals surface area contributed by atoms with E-state index in [2.05, 4.69) is 37.4 Å². The summed E-state index contributed by atoms with van der Waals surface area (Å²) in [6.07, 6.45) is 2.30. The van der Waals surface area contributed by atoms with Crippen molar-refractivity contribution in [2.75, 3.05) is 0 Å². The molecule has 0 unspecified atom stereocenters. The summed E-state index contributed by atoms with van der Waals surface area (Å²) in [6.45, 7) is 0.318. The van der Waals surface area contributed by atoms with E-state index in [9.17, 15) is 4.79 Å². The predicted octanol–water partition coefficient (Wildman–Crippen LogP) is 4.31. The molecule has 1 aliphatic rings. The van der Waals surface area contributed by atoms with E-state index in [-0.39, 0.29) is 5.69 Å². The maximum absolute atomic E-state index is 12.4. The molecule has 1 aliphatic carbocycles. The maximum Gasteiger partial charge on any atom is 0.368 e. The number of halogens is 1. The summed E-state index contributed by atoms with van der Waals surface area (Å²) in [5.74, 6) is 0.505. The molecule has 152 valence electrons. The normalized spacial score (nSPS) is 13.5. The predicted molar refractivity (Wildman–Crippen MR) is 118 cm³/mol. The molecule has 0 bridgehead atoms. The highest BCUT2D eigenvalue weighted by Gasteiger charge is 2.28. The van der Waals surface area contributed by atoms with Crippen molar-refractivity contribution in [1.29, 1.82) is 0 Å². The number of rotatable bonds is 6. The van der Waals surface area contributed by atoms with Crippen molar-refractivity contribution in [3.63, 3.8) is 0 Å². The minimum atomic E-state index is -0.282. The first-order valence-electron chi connectivity index (χ1n) is 9.55. The summed E-state index contributed by atoms with van der Waals surface area (Å²) in [5, 5.41) is 10.4. The smallest absolute Gasteiger partial charge is 0.368 e. The van der Waals surface area contributed by atoms with Crippen LogP contribution < -0.4 is 10.4 Å². The van der Waals surface area contributed by atoms with Gasteiger partial charge in [0.2, 0.25) is 0 Å². The first-order chi connectivity index (χ1) is 14.6. The van der Waals surface area contributed by atoms with Gasteiger partial charge in [0.25, 0.3) is 5.19 Å². The number of hydrogen-bond acceptors (Lipinski definition) is 6. The average molecular weight is 484 g/mol. The van der Waals surface area contributed by atoms with E-state index in [1.54, 1.807) is 7.05 Å². The molecule has 0 aliphatic heterocycles. The Balaban J connectivity index is 1.44. The third kappa shape index (κ3) is 3.70. The van der Waals surface area contributed by atoms with Crippen LogP contribution in [-0.4, -0.2) is 24.8 Å². The molecule has 5 rings (SSSR count). The van der Waals surface area contributed by atoms with Gasteiger partial charge in [0.05, 0.1) is 11.4 Å². The molecule has 0 amide bonds. The first-order valence-corrected chi connectivity index (χ1v) is 11.2.